The minimum absolute atomic E-state index is 0.209. The number of hydrogen-bond acceptors (Lipinski definition) is 5. The predicted octanol–water partition coefficient (Wildman–Crippen LogP) is -0.606. The minimum Gasteiger partial charge on any atom is -0.351 e. The van der Waals surface area contributed by atoms with Crippen molar-refractivity contribution in [2.75, 3.05) is 32.7 Å². The molecular formula is C13H19N5O2. The first-order valence-corrected chi connectivity index (χ1v) is 6.57. The van der Waals surface area contributed by atoms with Gasteiger partial charge in [0.2, 0.25) is 5.91 Å². The van der Waals surface area contributed by atoms with Gasteiger partial charge in [-0.2, -0.15) is 0 Å². The number of nitrogens with zero attached hydrogens (tertiary/aromatic N) is 3. The van der Waals surface area contributed by atoms with Crippen LogP contribution in [0.1, 0.15) is 5.69 Å². The number of carbonyl (C=O) groups excluding carboxylic acids is 2. The van der Waals surface area contributed by atoms with Gasteiger partial charge < -0.3 is 5.73 Å². The van der Waals surface area contributed by atoms with Gasteiger partial charge in [-0.3, -0.25) is 24.9 Å². The van der Waals surface area contributed by atoms with E-state index in [4.69, 9.17) is 5.73 Å². The second kappa shape index (κ2) is 6.97. The van der Waals surface area contributed by atoms with Crippen LogP contribution in [-0.2, 0) is 11.3 Å². The van der Waals surface area contributed by atoms with E-state index in [1.54, 1.807) is 6.20 Å². The number of pyridine rings is 1. The fourth-order valence-electron chi connectivity index (χ4n) is 2.21. The van der Waals surface area contributed by atoms with Gasteiger partial charge in [-0.1, -0.05) is 6.07 Å². The van der Waals surface area contributed by atoms with E-state index >= 15 is 0 Å². The third-order valence-corrected chi connectivity index (χ3v) is 3.21. The molecule has 1 aliphatic rings. The van der Waals surface area contributed by atoms with Crippen LogP contribution in [0.4, 0.5) is 4.79 Å². The largest absolute Gasteiger partial charge is 0.351 e. The Labute approximate surface area is 117 Å². The highest BCUT2D eigenvalue weighted by Crippen LogP contribution is 2.06. The van der Waals surface area contributed by atoms with Crippen molar-refractivity contribution in [3.05, 3.63) is 30.1 Å². The number of rotatable bonds is 4. The normalized spacial score (nSPS) is 16.8. The molecule has 0 unspecified atom stereocenters. The Morgan fingerprint density at radius 1 is 1.20 bits per heavy atom. The van der Waals surface area contributed by atoms with E-state index in [0.717, 1.165) is 38.4 Å². The van der Waals surface area contributed by atoms with Gasteiger partial charge in [-0.15, -0.1) is 0 Å². The van der Waals surface area contributed by atoms with Crippen molar-refractivity contribution >= 4 is 11.9 Å². The first kappa shape index (κ1) is 14.4. The highest BCUT2D eigenvalue weighted by molar-refractivity contribution is 5.94. The lowest BCUT2D eigenvalue weighted by Crippen LogP contribution is -2.50. The number of piperazine rings is 1. The molecule has 2 heterocycles. The second-order valence-corrected chi connectivity index (χ2v) is 4.79. The average Bonchev–Trinajstić information content (AvgIpc) is 2.41. The van der Waals surface area contributed by atoms with Crippen molar-refractivity contribution in [1.29, 1.82) is 0 Å². The Morgan fingerprint density at radius 2 is 1.90 bits per heavy atom. The molecule has 1 aliphatic heterocycles. The molecule has 2 rings (SSSR count). The number of aromatic nitrogens is 1. The Bertz CT molecular complexity index is 457. The minimum atomic E-state index is -0.802. The van der Waals surface area contributed by atoms with Crippen LogP contribution in [-0.4, -0.2) is 59.4 Å². The van der Waals surface area contributed by atoms with E-state index < -0.39 is 6.03 Å². The van der Waals surface area contributed by atoms with Gasteiger partial charge >= 0.3 is 6.03 Å². The Kier molecular flexibility index (Phi) is 5.03. The van der Waals surface area contributed by atoms with Crippen LogP contribution >= 0.6 is 0 Å². The van der Waals surface area contributed by atoms with Crippen LogP contribution in [0.2, 0.25) is 0 Å². The molecule has 0 spiro atoms. The van der Waals surface area contributed by atoms with Gasteiger partial charge in [0.05, 0.1) is 12.2 Å². The molecule has 1 aromatic rings. The van der Waals surface area contributed by atoms with E-state index in [1.165, 1.54) is 0 Å². The summed E-state index contributed by atoms with van der Waals surface area (Å²) in [6.07, 6.45) is 1.79. The molecule has 20 heavy (non-hydrogen) atoms. The zero-order valence-electron chi connectivity index (χ0n) is 11.3. The number of carbonyl (C=O) groups is 2. The van der Waals surface area contributed by atoms with Crippen LogP contribution in [0.15, 0.2) is 24.4 Å². The topological polar surface area (TPSA) is 91.6 Å². The lowest BCUT2D eigenvalue weighted by molar-refractivity contribution is -0.121. The maximum absolute atomic E-state index is 11.4. The molecule has 108 valence electrons. The van der Waals surface area contributed by atoms with E-state index in [0.29, 0.717) is 0 Å². The lowest BCUT2D eigenvalue weighted by Gasteiger charge is -2.33. The predicted molar refractivity (Wildman–Crippen MR) is 73.7 cm³/mol. The summed E-state index contributed by atoms with van der Waals surface area (Å²) in [6.45, 7) is 4.36. The Morgan fingerprint density at radius 3 is 2.50 bits per heavy atom. The first-order chi connectivity index (χ1) is 9.63. The van der Waals surface area contributed by atoms with Crippen molar-refractivity contribution in [3.8, 4) is 0 Å². The van der Waals surface area contributed by atoms with Crippen molar-refractivity contribution in [1.82, 2.24) is 20.1 Å². The van der Waals surface area contributed by atoms with E-state index in [9.17, 15) is 9.59 Å². The van der Waals surface area contributed by atoms with Crippen molar-refractivity contribution < 1.29 is 9.59 Å². The molecule has 1 saturated heterocycles. The first-order valence-electron chi connectivity index (χ1n) is 6.57. The highest BCUT2D eigenvalue weighted by Gasteiger charge is 2.19. The second-order valence-electron chi connectivity index (χ2n) is 4.79. The Balaban J connectivity index is 1.72. The summed E-state index contributed by atoms with van der Waals surface area (Å²) in [4.78, 5) is 30.6. The number of amides is 3. The molecule has 1 fully saturated rings. The number of nitrogens with one attached hydrogen (secondary N) is 1. The quantitative estimate of drug-likeness (QED) is 0.766. The molecule has 0 bridgehead atoms. The van der Waals surface area contributed by atoms with Gasteiger partial charge in [0, 0.05) is 38.9 Å². The fourth-order valence-corrected chi connectivity index (χ4v) is 2.21. The molecule has 1 aromatic heterocycles. The number of urea groups is 1. The standard InChI is InChI=1S/C13H19N5O2/c14-13(20)16-12(19)10-18-7-5-17(6-8-18)9-11-3-1-2-4-15-11/h1-4H,5-10H2,(H3,14,16,19,20). The third kappa shape index (κ3) is 4.60. The van der Waals surface area contributed by atoms with Gasteiger partial charge in [0.1, 0.15) is 0 Å². The fraction of sp³-hybridized carbons (Fsp3) is 0.462. The van der Waals surface area contributed by atoms with Gasteiger partial charge in [0.15, 0.2) is 0 Å². The molecule has 0 radical (unpaired) electrons. The van der Waals surface area contributed by atoms with Crippen molar-refractivity contribution in [2.24, 2.45) is 5.73 Å². The van der Waals surface area contributed by atoms with E-state index in [1.807, 2.05) is 23.1 Å². The summed E-state index contributed by atoms with van der Waals surface area (Å²) in [5, 5.41) is 2.08. The average molecular weight is 277 g/mol. The number of nitrogens with two attached hydrogens (primary N) is 1. The number of primary amides is 1. The summed E-state index contributed by atoms with van der Waals surface area (Å²) >= 11 is 0. The molecule has 0 aliphatic carbocycles. The lowest BCUT2D eigenvalue weighted by atomic mass is 10.2. The summed E-state index contributed by atoms with van der Waals surface area (Å²) in [7, 11) is 0. The maximum Gasteiger partial charge on any atom is 0.318 e. The van der Waals surface area contributed by atoms with E-state index in [2.05, 4.69) is 15.2 Å². The smallest absolute Gasteiger partial charge is 0.318 e. The number of imide groups is 1. The monoisotopic (exact) mass is 277 g/mol. The summed E-state index contributed by atoms with van der Waals surface area (Å²) < 4.78 is 0. The van der Waals surface area contributed by atoms with Gasteiger partial charge in [-0.05, 0) is 12.1 Å². The summed E-state index contributed by atoms with van der Waals surface area (Å²) in [6, 6.07) is 5.09. The molecule has 7 nitrogen and oxygen atoms in total. The van der Waals surface area contributed by atoms with Crippen LogP contribution < -0.4 is 11.1 Å². The van der Waals surface area contributed by atoms with Crippen LogP contribution in [0, 0.1) is 0 Å². The molecule has 3 amide bonds. The molecule has 3 N–H and O–H groups in total. The van der Waals surface area contributed by atoms with Gasteiger partial charge in [0.25, 0.3) is 0 Å². The van der Waals surface area contributed by atoms with Crippen molar-refractivity contribution in [2.45, 2.75) is 6.54 Å². The van der Waals surface area contributed by atoms with Crippen LogP contribution in [0.5, 0.6) is 0 Å². The van der Waals surface area contributed by atoms with E-state index in [-0.39, 0.29) is 12.5 Å². The zero-order valence-corrected chi connectivity index (χ0v) is 11.3. The van der Waals surface area contributed by atoms with Gasteiger partial charge in [-0.25, -0.2) is 4.79 Å². The summed E-state index contributed by atoms with van der Waals surface area (Å²) in [5.41, 5.74) is 5.95. The molecule has 0 atom stereocenters. The SMILES string of the molecule is NC(=O)NC(=O)CN1CCN(Cc2ccccn2)CC1. The van der Waals surface area contributed by atoms with Crippen LogP contribution in [0.25, 0.3) is 0 Å². The summed E-state index contributed by atoms with van der Waals surface area (Å²) in [5.74, 6) is -0.351. The van der Waals surface area contributed by atoms with Crippen molar-refractivity contribution in [3.63, 3.8) is 0 Å². The van der Waals surface area contributed by atoms with Crippen LogP contribution in [0.3, 0.4) is 0 Å². The zero-order chi connectivity index (χ0) is 14.4. The maximum atomic E-state index is 11.4. The highest BCUT2D eigenvalue weighted by atomic mass is 16.2. The molecule has 7 heteroatoms. The molecule has 0 aromatic carbocycles. The molecular weight excluding hydrogens is 258 g/mol. The molecule has 0 saturated carbocycles. The number of hydrogen-bond donors (Lipinski definition) is 2. The Hall–Kier alpha value is -1.99. The third-order valence-electron chi connectivity index (χ3n) is 3.21.